The van der Waals surface area contributed by atoms with Gasteiger partial charge >= 0.3 is 0 Å². The smallest absolute Gasteiger partial charge is 0.143 e. The molecule has 0 saturated carbocycles. The topological polar surface area (TPSA) is 59.1 Å². The molecule has 0 N–H and O–H groups in total. The van der Waals surface area contributed by atoms with Gasteiger partial charge in [-0.05, 0) is 103 Å². The Morgan fingerprint density at radius 1 is 0.198 bits per heavy atom. The molecule has 0 unspecified atom stereocenters. The van der Waals surface area contributed by atoms with Crippen LogP contribution in [-0.2, 0) is 0 Å². The Morgan fingerprint density at radius 3 is 1.08 bits per heavy atom. The minimum absolute atomic E-state index is 0.885. The maximum atomic E-state index is 6.70. The van der Waals surface area contributed by atoms with Crippen molar-refractivity contribution in [1.29, 1.82) is 0 Å². The summed E-state index contributed by atoms with van der Waals surface area (Å²) >= 11 is 0. The van der Waals surface area contributed by atoms with Crippen molar-refractivity contribution in [1.82, 2.24) is 18.3 Å². The highest BCUT2D eigenvalue weighted by Gasteiger charge is 2.25. The van der Waals surface area contributed by atoms with Crippen molar-refractivity contribution < 1.29 is 13.3 Å². The molecule has 0 saturated heterocycles. The third kappa shape index (κ3) is 7.19. The van der Waals surface area contributed by atoms with E-state index < -0.39 is 0 Å². The van der Waals surface area contributed by atoms with E-state index in [4.69, 9.17) is 13.3 Å². The molecule has 14 aromatic carbocycles. The van der Waals surface area contributed by atoms with Gasteiger partial charge in [0.2, 0.25) is 0 Å². The van der Waals surface area contributed by atoms with Gasteiger partial charge < -0.3 is 31.5 Å². The van der Waals surface area contributed by atoms with Crippen LogP contribution in [0, 0.1) is 0 Å². The molecule has 0 fully saturated rings. The summed E-state index contributed by atoms with van der Waals surface area (Å²) in [4.78, 5) is 0. The Morgan fingerprint density at radius 2 is 0.560 bits per heavy atom. The van der Waals surface area contributed by atoms with Crippen LogP contribution in [0.1, 0.15) is 0 Å². The molecule has 0 radical (unpaired) electrons. The van der Waals surface area contributed by atoms with Gasteiger partial charge in [-0.15, -0.1) is 0 Å². The lowest BCUT2D eigenvalue weighted by Crippen LogP contribution is -1.95. The summed E-state index contributed by atoms with van der Waals surface area (Å²) in [6.45, 7) is 0. The van der Waals surface area contributed by atoms with E-state index >= 15 is 0 Å². The maximum absolute atomic E-state index is 6.70. The normalized spacial score (nSPS) is 12.2. The summed E-state index contributed by atoms with van der Waals surface area (Å²) in [5.74, 6) is 0. The average molecular weight is 1160 g/mol. The van der Waals surface area contributed by atoms with Crippen LogP contribution in [0.3, 0.4) is 0 Å². The Balaban J connectivity index is 0.000000127. The number of nitrogens with zero attached hydrogens (tertiary/aromatic N) is 4. The van der Waals surface area contributed by atoms with Crippen molar-refractivity contribution in [3.63, 3.8) is 0 Å². The lowest BCUT2D eigenvalue weighted by atomic mass is 10.0. The molecule has 7 nitrogen and oxygen atoms in total. The van der Waals surface area contributed by atoms with Gasteiger partial charge in [0.1, 0.15) is 33.5 Å². The molecule has 0 aliphatic heterocycles. The fourth-order valence-electron chi connectivity index (χ4n) is 15.2. The van der Waals surface area contributed by atoms with Gasteiger partial charge in [0.05, 0.1) is 44.1 Å². The fraction of sp³-hybridized carbons (Fsp3) is 0. The van der Waals surface area contributed by atoms with E-state index in [1.54, 1.807) is 0 Å². The number of benzene rings is 14. The number of hydrogen-bond acceptors (Lipinski definition) is 3. The van der Waals surface area contributed by atoms with Crippen molar-refractivity contribution >= 4 is 153 Å². The molecule has 91 heavy (non-hydrogen) atoms. The molecule has 21 rings (SSSR count). The quantitative estimate of drug-likeness (QED) is 0.173. The lowest BCUT2D eigenvalue weighted by molar-refractivity contribution is 0.668. The average Bonchev–Trinajstić information content (AvgIpc) is 1.56. The van der Waals surface area contributed by atoms with Crippen molar-refractivity contribution in [3.05, 3.63) is 303 Å². The van der Waals surface area contributed by atoms with Crippen LogP contribution in [0.25, 0.3) is 187 Å². The summed E-state index contributed by atoms with van der Waals surface area (Å²) in [7, 11) is 0. The Labute approximate surface area is 518 Å². The van der Waals surface area contributed by atoms with Gasteiger partial charge in [-0.2, -0.15) is 0 Å². The minimum atomic E-state index is 0.885. The lowest BCUT2D eigenvalue weighted by Gasteiger charge is -2.10. The summed E-state index contributed by atoms with van der Waals surface area (Å²) in [6, 6.07) is 108. The molecule has 0 atom stereocenters. The largest absolute Gasteiger partial charge is 0.456 e. The molecule has 7 aromatic heterocycles. The summed E-state index contributed by atoms with van der Waals surface area (Å²) in [6.07, 6.45) is 0. The summed E-state index contributed by atoms with van der Waals surface area (Å²) in [5, 5.41) is 16.6. The van der Waals surface area contributed by atoms with Crippen LogP contribution in [0.2, 0.25) is 0 Å². The highest BCUT2D eigenvalue weighted by atomic mass is 16.3. The van der Waals surface area contributed by atoms with Crippen molar-refractivity contribution in [2.24, 2.45) is 0 Å². The summed E-state index contributed by atoms with van der Waals surface area (Å²) < 4.78 is 29.0. The van der Waals surface area contributed by atoms with Crippen molar-refractivity contribution in [2.75, 3.05) is 0 Å². The predicted octanol–water partition coefficient (Wildman–Crippen LogP) is 23.1. The molecule has 424 valence electrons. The Bertz CT molecular complexity index is 6580. The first-order chi connectivity index (χ1) is 45.2. The second kappa shape index (κ2) is 19.1. The van der Waals surface area contributed by atoms with E-state index in [1.165, 1.54) is 76.2 Å². The minimum Gasteiger partial charge on any atom is -0.456 e. The number of fused-ring (bicyclic) bond motifs is 23. The molecule has 21 aromatic rings. The maximum Gasteiger partial charge on any atom is 0.143 e. The number of aromatic nitrogens is 4. The van der Waals surface area contributed by atoms with Gasteiger partial charge in [0.15, 0.2) is 0 Å². The van der Waals surface area contributed by atoms with Crippen molar-refractivity contribution in [3.8, 4) is 33.9 Å². The van der Waals surface area contributed by atoms with E-state index in [-0.39, 0.29) is 0 Å². The third-order valence-corrected chi connectivity index (χ3v) is 19.0. The first-order valence-corrected chi connectivity index (χ1v) is 31.0. The Kier molecular flexibility index (Phi) is 10.4. The first-order valence-electron chi connectivity index (χ1n) is 31.0. The van der Waals surface area contributed by atoms with Gasteiger partial charge in [0, 0.05) is 122 Å². The molecule has 0 amide bonds. The fourth-order valence-corrected chi connectivity index (χ4v) is 15.2. The highest BCUT2D eigenvalue weighted by Crippen LogP contribution is 2.46. The van der Waals surface area contributed by atoms with Crippen LogP contribution < -0.4 is 0 Å². The van der Waals surface area contributed by atoms with Gasteiger partial charge in [-0.1, -0.05) is 188 Å². The van der Waals surface area contributed by atoms with E-state index in [1.807, 2.05) is 24.3 Å². The zero-order valence-corrected chi connectivity index (χ0v) is 48.9. The molecule has 0 aliphatic carbocycles. The number of rotatable bonds is 5. The van der Waals surface area contributed by atoms with Crippen LogP contribution in [0.4, 0.5) is 0 Å². The van der Waals surface area contributed by atoms with Gasteiger partial charge in [-0.3, -0.25) is 0 Å². The standard InChI is InChI=1S/C42H24N2O2.C42H26N2O/c1-5-13-34-27(9-1)32-21-22-36-41(42(32)44(34)26-18-20-31-29-11-4-8-16-38(29)46-40(31)24-26)33-12-2-6-14-35(33)43(36)25-17-19-30-28-10-3-7-15-37(28)45-39(30)23-25;1-3-12-27(13-4-1)30-18-11-19-34-32-23-22-29(26-39(32)45-42(30)34)44-36-20-9-7-16-31(36)33-24-25-38-40(41(33)44)35-17-8-10-21-37(35)43(38)28-14-5-2-6-15-28/h1-24H;1-26H. The predicted molar refractivity (Wildman–Crippen MR) is 378 cm³/mol. The summed E-state index contributed by atoms with van der Waals surface area (Å²) in [5.41, 5.74) is 21.5. The van der Waals surface area contributed by atoms with E-state index in [0.29, 0.717) is 0 Å². The monoisotopic (exact) mass is 1160 g/mol. The highest BCUT2D eigenvalue weighted by molar-refractivity contribution is 6.28. The molecular formula is C84H50N4O3. The zero-order valence-electron chi connectivity index (χ0n) is 48.9. The van der Waals surface area contributed by atoms with Crippen LogP contribution in [-0.4, -0.2) is 18.3 Å². The molecule has 7 heteroatoms. The molecule has 7 heterocycles. The molecule has 0 bridgehead atoms. The molecular weight excluding hydrogens is 1110 g/mol. The van der Waals surface area contributed by atoms with Gasteiger partial charge in [0.25, 0.3) is 0 Å². The van der Waals surface area contributed by atoms with Crippen LogP contribution >= 0.6 is 0 Å². The SMILES string of the molecule is c1ccc(-c2cccc3c2oc2cc(-n4c5ccccc5c5ccc6c(c7ccccc7n6-c6ccccc6)c54)ccc23)cc1.c1ccc2c(c1)oc1cc(-n3c4ccccc4c4c3ccc3c5ccccc5n(-c5ccc6c(c5)oc5ccccc56)c34)ccc12. The molecule has 0 aliphatic rings. The Hall–Kier alpha value is -12.3. The first kappa shape index (κ1) is 49.8. The number of para-hydroxylation sites is 8. The van der Waals surface area contributed by atoms with Crippen LogP contribution in [0.5, 0.6) is 0 Å². The van der Waals surface area contributed by atoms with Crippen molar-refractivity contribution in [2.45, 2.75) is 0 Å². The number of hydrogen-bond donors (Lipinski definition) is 0. The van der Waals surface area contributed by atoms with E-state index in [0.717, 1.165) is 111 Å². The van der Waals surface area contributed by atoms with E-state index in [2.05, 4.69) is 297 Å². The van der Waals surface area contributed by atoms with E-state index in [9.17, 15) is 0 Å². The van der Waals surface area contributed by atoms with Gasteiger partial charge in [-0.25, -0.2) is 0 Å². The second-order valence-corrected chi connectivity index (χ2v) is 23.8. The molecule has 0 spiro atoms. The number of furan rings is 3. The zero-order chi connectivity index (χ0) is 59.4. The third-order valence-electron chi connectivity index (χ3n) is 19.0. The second-order valence-electron chi connectivity index (χ2n) is 23.8. The van der Waals surface area contributed by atoms with Crippen LogP contribution in [0.15, 0.2) is 317 Å².